The summed E-state index contributed by atoms with van der Waals surface area (Å²) < 4.78 is 0. The van der Waals surface area contributed by atoms with Gasteiger partial charge in [-0.15, -0.1) is 0 Å². The van der Waals surface area contributed by atoms with Crippen molar-refractivity contribution in [1.82, 2.24) is 0 Å². The van der Waals surface area contributed by atoms with Crippen molar-refractivity contribution in [2.45, 2.75) is 33.6 Å². The number of hydrogen-bond acceptors (Lipinski definition) is 1. The predicted molar refractivity (Wildman–Crippen MR) is 83.8 cm³/mol. The molecule has 0 radical (unpaired) electrons. The van der Waals surface area contributed by atoms with Gasteiger partial charge in [-0.2, -0.15) is 0 Å². The summed E-state index contributed by atoms with van der Waals surface area (Å²) in [5.41, 5.74) is 5.18. The molecule has 100 valence electrons. The Morgan fingerprint density at radius 1 is 1.21 bits per heavy atom. The molecule has 0 bridgehead atoms. The van der Waals surface area contributed by atoms with E-state index in [4.69, 9.17) is 4.99 Å². The van der Waals surface area contributed by atoms with E-state index in [-0.39, 0.29) is 0 Å². The van der Waals surface area contributed by atoms with Crippen molar-refractivity contribution in [2.24, 2.45) is 10.9 Å². The molecule has 1 nitrogen and oxygen atoms in total. The SMILES string of the molecule is C/C=C1/CCN=C(c2ccccc2)/C1=C/CC(C)C. The molecule has 1 aliphatic heterocycles. The molecule has 1 heterocycles. The highest BCUT2D eigenvalue weighted by atomic mass is 14.8. The molecule has 0 saturated heterocycles. The van der Waals surface area contributed by atoms with E-state index in [0.717, 1.165) is 19.4 Å². The van der Waals surface area contributed by atoms with Crippen LogP contribution in [0.4, 0.5) is 0 Å². The van der Waals surface area contributed by atoms with Crippen LogP contribution in [-0.4, -0.2) is 12.3 Å². The van der Waals surface area contributed by atoms with Crippen LogP contribution < -0.4 is 0 Å². The topological polar surface area (TPSA) is 12.4 Å². The maximum Gasteiger partial charge on any atom is 0.0718 e. The third-order valence-electron chi connectivity index (χ3n) is 3.44. The highest BCUT2D eigenvalue weighted by Crippen LogP contribution is 2.26. The van der Waals surface area contributed by atoms with E-state index in [1.165, 1.54) is 22.4 Å². The first-order chi connectivity index (χ1) is 9.22. The van der Waals surface area contributed by atoms with E-state index < -0.39 is 0 Å². The Morgan fingerprint density at radius 3 is 2.58 bits per heavy atom. The Labute approximate surface area is 116 Å². The fraction of sp³-hybridized carbons (Fsp3) is 0.389. The van der Waals surface area contributed by atoms with Gasteiger partial charge in [0.05, 0.1) is 5.71 Å². The van der Waals surface area contributed by atoms with Crippen molar-refractivity contribution in [3.8, 4) is 0 Å². The summed E-state index contributed by atoms with van der Waals surface area (Å²) in [6.45, 7) is 7.55. The zero-order valence-electron chi connectivity index (χ0n) is 12.2. The Bertz CT molecular complexity index is 504. The highest BCUT2D eigenvalue weighted by molar-refractivity contribution is 6.15. The largest absolute Gasteiger partial charge is 0.284 e. The average Bonchev–Trinajstić information content (AvgIpc) is 2.45. The predicted octanol–water partition coefficient (Wildman–Crippen LogP) is 4.80. The van der Waals surface area contributed by atoms with Gasteiger partial charge in [0.25, 0.3) is 0 Å². The van der Waals surface area contributed by atoms with Gasteiger partial charge in [-0.05, 0) is 36.8 Å². The summed E-state index contributed by atoms with van der Waals surface area (Å²) in [6, 6.07) is 10.5. The summed E-state index contributed by atoms with van der Waals surface area (Å²) in [6.07, 6.45) is 6.78. The van der Waals surface area contributed by atoms with Crippen molar-refractivity contribution >= 4 is 5.71 Å². The number of rotatable bonds is 3. The lowest BCUT2D eigenvalue weighted by Crippen LogP contribution is -2.14. The Morgan fingerprint density at radius 2 is 1.95 bits per heavy atom. The molecule has 0 atom stereocenters. The van der Waals surface area contributed by atoms with E-state index in [0.29, 0.717) is 5.92 Å². The van der Waals surface area contributed by atoms with Crippen molar-refractivity contribution in [3.63, 3.8) is 0 Å². The quantitative estimate of drug-likeness (QED) is 0.734. The van der Waals surface area contributed by atoms with Crippen LogP contribution in [0.15, 0.2) is 58.6 Å². The number of aliphatic imine (C=N–C) groups is 1. The Balaban J connectivity index is 2.39. The Hall–Kier alpha value is -1.63. The fourth-order valence-corrected chi connectivity index (χ4v) is 2.38. The number of nitrogens with zero attached hydrogens (tertiary/aromatic N) is 1. The number of allylic oxidation sites excluding steroid dienone is 3. The molecular formula is C18H23N. The summed E-state index contributed by atoms with van der Waals surface area (Å²) >= 11 is 0. The van der Waals surface area contributed by atoms with Gasteiger partial charge >= 0.3 is 0 Å². The number of hydrogen-bond donors (Lipinski definition) is 0. The normalized spacial score (nSPS) is 20.1. The lowest BCUT2D eigenvalue weighted by molar-refractivity contribution is 0.662. The van der Waals surface area contributed by atoms with Crippen molar-refractivity contribution in [3.05, 3.63) is 59.2 Å². The molecule has 0 fully saturated rings. The van der Waals surface area contributed by atoms with Crippen LogP contribution in [0.1, 0.15) is 39.2 Å². The van der Waals surface area contributed by atoms with Crippen LogP contribution in [0.5, 0.6) is 0 Å². The lowest BCUT2D eigenvalue weighted by atomic mass is 9.89. The summed E-state index contributed by atoms with van der Waals surface area (Å²) in [5.74, 6) is 0.685. The Kier molecular flexibility index (Phi) is 4.73. The van der Waals surface area contributed by atoms with Crippen LogP contribution >= 0.6 is 0 Å². The molecule has 1 aromatic rings. The van der Waals surface area contributed by atoms with Crippen LogP contribution in [-0.2, 0) is 0 Å². The van der Waals surface area contributed by atoms with Gasteiger partial charge in [-0.3, -0.25) is 4.99 Å². The molecule has 2 rings (SSSR count). The van der Waals surface area contributed by atoms with Gasteiger partial charge in [0, 0.05) is 12.1 Å². The third-order valence-corrected chi connectivity index (χ3v) is 3.44. The second kappa shape index (κ2) is 6.51. The van der Waals surface area contributed by atoms with Crippen LogP contribution in [0.2, 0.25) is 0 Å². The first-order valence-corrected chi connectivity index (χ1v) is 7.18. The maximum atomic E-state index is 4.76. The van der Waals surface area contributed by atoms with Crippen LogP contribution in [0.3, 0.4) is 0 Å². The van der Waals surface area contributed by atoms with E-state index in [9.17, 15) is 0 Å². The van der Waals surface area contributed by atoms with Gasteiger partial charge < -0.3 is 0 Å². The van der Waals surface area contributed by atoms with Crippen molar-refractivity contribution < 1.29 is 0 Å². The molecule has 0 aliphatic carbocycles. The van der Waals surface area contributed by atoms with Gasteiger partial charge in [-0.25, -0.2) is 0 Å². The molecule has 19 heavy (non-hydrogen) atoms. The molecule has 0 spiro atoms. The molecule has 1 heteroatoms. The average molecular weight is 253 g/mol. The molecule has 0 N–H and O–H groups in total. The van der Waals surface area contributed by atoms with Gasteiger partial charge in [0.1, 0.15) is 0 Å². The van der Waals surface area contributed by atoms with E-state index >= 15 is 0 Å². The molecule has 0 aromatic heterocycles. The van der Waals surface area contributed by atoms with Gasteiger partial charge in [-0.1, -0.05) is 56.3 Å². The molecule has 1 aromatic carbocycles. The smallest absolute Gasteiger partial charge is 0.0718 e. The molecule has 0 amide bonds. The maximum absolute atomic E-state index is 4.76. The van der Waals surface area contributed by atoms with Gasteiger partial charge in [0.15, 0.2) is 0 Å². The minimum atomic E-state index is 0.685. The van der Waals surface area contributed by atoms with Crippen molar-refractivity contribution in [1.29, 1.82) is 0 Å². The lowest BCUT2D eigenvalue weighted by Gasteiger charge is -2.20. The van der Waals surface area contributed by atoms with E-state index in [2.05, 4.69) is 63.3 Å². The van der Waals surface area contributed by atoms with Gasteiger partial charge in [0.2, 0.25) is 0 Å². The standard InChI is InChI=1S/C18H23N/c1-4-15-12-13-19-18(16-8-6-5-7-9-16)17(15)11-10-14(2)3/h4-9,11,14H,10,12-13H2,1-3H3/b15-4-,17-11+. The third kappa shape index (κ3) is 3.44. The monoisotopic (exact) mass is 253 g/mol. The number of benzene rings is 1. The second-order valence-electron chi connectivity index (χ2n) is 5.41. The zero-order chi connectivity index (χ0) is 13.7. The van der Waals surface area contributed by atoms with Crippen molar-refractivity contribution in [2.75, 3.05) is 6.54 Å². The highest BCUT2D eigenvalue weighted by Gasteiger charge is 2.17. The zero-order valence-corrected chi connectivity index (χ0v) is 12.2. The molecule has 0 saturated carbocycles. The minimum absolute atomic E-state index is 0.685. The summed E-state index contributed by atoms with van der Waals surface area (Å²) in [4.78, 5) is 4.76. The minimum Gasteiger partial charge on any atom is -0.284 e. The first-order valence-electron chi connectivity index (χ1n) is 7.18. The second-order valence-corrected chi connectivity index (χ2v) is 5.41. The van der Waals surface area contributed by atoms with Crippen LogP contribution in [0, 0.1) is 5.92 Å². The van der Waals surface area contributed by atoms with E-state index in [1.807, 2.05) is 0 Å². The fourth-order valence-electron chi connectivity index (χ4n) is 2.38. The molecule has 0 unspecified atom stereocenters. The molecule has 1 aliphatic rings. The summed E-state index contributed by atoms with van der Waals surface area (Å²) in [5, 5.41) is 0. The van der Waals surface area contributed by atoms with Crippen LogP contribution in [0.25, 0.3) is 0 Å². The molecular weight excluding hydrogens is 230 g/mol. The summed E-state index contributed by atoms with van der Waals surface area (Å²) in [7, 11) is 0. The first kappa shape index (κ1) is 13.8. The van der Waals surface area contributed by atoms with E-state index in [1.54, 1.807) is 0 Å².